The topological polar surface area (TPSA) is 64.8 Å². The highest BCUT2D eigenvalue weighted by atomic mass is 19.4. The normalized spacial score (nSPS) is 18.3. The lowest BCUT2D eigenvalue weighted by atomic mass is 10.0. The van der Waals surface area contributed by atoms with Crippen molar-refractivity contribution in [1.29, 1.82) is 5.26 Å². The molecule has 2 heterocycles. The smallest absolute Gasteiger partial charge is 0.366 e. The molecule has 1 aliphatic heterocycles. The van der Waals surface area contributed by atoms with Gasteiger partial charge in [0.25, 0.3) is 0 Å². The first-order valence-corrected chi connectivity index (χ1v) is 8.31. The first-order valence-electron chi connectivity index (χ1n) is 8.31. The fraction of sp³-hybridized carbons (Fsp3) is 0.389. The lowest BCUT2D eigenvalue weighted by Gasteiger charge is -2.33. The summed E-state index contributed by atoms with van der Waals surface area (Å²) in [5.74, 6) is 0.186. The van der Waals surface area contributed by atoms with Crippen molar-refractivity contribution >= 4 is 5.82 Å². The Morgan fingerprint density at radius 1 is 1.27 bits per heavy atom. The Labute approximate surface area is 149 Å². The molecule has 3 rings (SSSR count). The molecule has 1 aliphatic rings. The first kappa shape index (κ1) is 18.1. The Morgan fingerprint density at radius 2 is 2.12 bits per heavy atom. The van der Waals surface area contributed by atoms with Gasteiger partial charge in [0.1, 0.15) is 17.8 Å². The van der Waals surface area contributed by atoms with Gasteiger partial charge in [-0.1, -0.05) is 12.1 Å². The van der Waals surface area contributed by atoms with Gasteiger partial charge >= 0.3 is 6.18 Å². The molecule has 1 aromatic carbocycles. The van der Waals surface area contributed by atoms with Crippen LogP contribution in [0.25, 0.3) is 0 Å². The van der Waals surface area contributed by atoms with Crippen molar-refractivity contribution < 1.29 is 13.2 Å². The van der Waals surface area contributed by atoms with E-state index in [2.05, 4.69) is 26.3 Å². The van der Waals surface area contributed by atoms with Crippen molar-refractivity contribution in [3.63, 3.8) is 0 Å². The van der Waals surface area contributed by atoms with E-state index in [1.54, 1.807) is 6.07 Å². The van der Waals surface area contributed by atoms with Crippen molar-refractivity contribution in [2.24, 2.45) is 0 Å². The van der Waals surface area contributed by atoms with Crippen LogP contribution < -0.4 is 5.32 Å². The summed E-state index contributed by atoms with van der Waals surface area (Å²) in [5, 5.41) is 12.1. The largest absolute Gasteiger partial charge is 0.433 e. The van der Waals surface area contributed by atoms with Crippen LogP contribution in [0.15, 0.2) is 36.7 Å². The minimum absolute atomic E-state index is 0.0129. The van der Waals surface area contributed by atoms with E-state index in [0.29, 0.717) is 18.7 Å². The summed E-state index contributed by atoms with van der Waals surface area (Å²) in [7, 11) is 0. The average molecular weight is 361 g/mol. The molecule has 136 valence electrons. The highest BCUT2D eigenvalue weighted by molar-refractivity contribution is 5.37. The van der Waals surface area contributed by atoms with Crippen LogP contribution in [0, 0.1) is 11.3 Å². The van der Waals surface area contributed by atoms with Crippen molar-refractivity contribution in [1.82, 2.24) is 14.9 Å². The molecule has 0 saturated carbocycles. The van der Waals surface area contributed by atoms with Gasteiger partial charge in [-0.3, -0.25) is 4.90 Å². The number of piperidine rings is 1. The Bertz CT molecular complexity index is 800. The van der Waals surface area contributed by atoms with Crippen LogP contribution in [0.3, 0.4) is 0 Å². The van der Waals surface area contributed by atoms with E-state index in [1.165, 1.54) is 0 Å². The average Bonchev–Trinajstić information content (AvgIpc) is 2.62. The van der Waals surface area contributed by atoms with Crippen LogP contribution in [-0.4, -0.2) is 34.0 Å². The van der Waals surface area contributed by atoms with Crippen molar-refractivity contribution in [3.8, 4) is 6.07 Å². The zero-order valence-electron chi connectivity index (χ0n) is 14.0. The number of benzene rings is 1. The van der Waals surface area contributed by atoms with Gasteiger partial charge < -0.3 is 5.32 Å². The van der Waals surface area contributed by atoms with Crippen LogP contribution >= 0.6 is 0 Å². The Kier molecular flexibility index (Phi) is 5.38. The fourth-order valence-electron chi connectivity index (χ4n) is 3.11. The summed E-state index contributed by atoms with van der Waals surface area (Å²) < 4.78 is 38.3. The first-order chi connectivity index (χ1) is 12.4. The number of nitriles is 1. The van der Waals surface area contributed by atoms with Crippen molar-refractivity contribution in [2.75, 3.05) is 18.4 Å². The molecule has 1 N–H and O–H groups in total. The van der Waals surface area contributed by atoms with E-state index in [1.807, 2.05) is 18.2 Å². The molecule has 8 heteroatoms. The zero-order valence-corrected chi connectivity index (χ0v) is 14.0. The predicted octanol–water partition coefficient (Wildman–Crippen LogP) is 3.44. The Hall–Kier alpha value is -2.66. The summed E-state index contributed by atoms with van der Waals surface area (Å²) in [5.41, 5.74) is 0.719. The van der Waals surface area contributed by atoms with Crippen LogP contribution in [0.1, 0.15) is 29.7 Å². The lowest BCUT2D eigenvalue weighted by Crippen LogP contribution is -2.41. The van der Waals surface area contributed by atoms with E-state index < -0.39 is 11.9 Å². The van der Waals surface area contributed by atoms with Gasteiger partial charge in [0, 0.05) is 25.2 Å². The molecule has 0 amide bonds. The van der Waals surface area contributed by atoms with Gasteiger partial charge in [-0.25, -0.2) is 9.97 Å². The second kappa shape index (κ2) is 7.70. The van der Waals surface area contributed by atoms with Crippen LogP contribution in [-0.2, 0) is 12.7 Å². The molecular weight excluding hydrogens is 343 g/mol. The van der Waals surface area contributed by atoms with E-state index >= 15 is 0 Å². The number of hydrogen-bond acceptors (Lipinski definition) is 5. The zero-order chi connectivity index (χ0) is 18.6. The molecule has 1 saturated heterocycles. The van der Waals surface area contributed by atoms with Gasteiger partial charge in [0.15, 0.2) is 0 Å². The number of anilines is 1. The van der Waals surface area contributed by atoms with Gasteiger partial charge in [0.2, 0.25) is 0 Å². The van der Waals surface area contributed by atoms with Gasteiger partial charge in [0.05, 0.1) is 11.6 Å². The molecule has 2 aromatic rings. The second-order valence-electron chi connectivity index (χ2n) is 6.32. The number of nitrogens with zero attached hydrogens (tertiary/aromatic N) is 4. The summed E-state index contributed by atoms with van der Waals surface area (Å²) >= 11 is 0. The lowest BCUT2D eigenvalue weighted by molar-refractivity contribution is -0.141. The van der Waals surface area contributed by atoms with Crippen molar-refractivity contribution in [3.05, 3.63) is 53.5 Å². The highest BCUT2D eigenvalue weighted by Gasteiger charge is 2.33. The number of aromatic nitrogens is 2. The third-order valence-corrected chi connectivity index (χ3v) is 4.28. The maximum Gasteiger partial charge on any atom is 0.433 e. The van der Waals surface area contributed by atoms with Crippen molar-refractivity contribution in [2.45, 2.75) is 31.6 Å². The minimum Gasteiger partial charge on any atom is -0.366 e. The molecule has 5 nitrogen and oxygen atoms in total. The maximum atomic E-state index is 12.8. The van der Waals surface area contributed by atoms with Gasteiger partial charge in [-0.2, -0.15) is 18.4 Å². The molecule has 0 spiro atoms. The summed E-state index contributed by atoms with van der Waals surface area (Å²) in [6, 6.07) is 10.5. The molecular formula is C18H18F3N5. The Morgan fingerprint density at radius 3 is 2.88 bits per heavy atom. The molecule has 0 bridgehead atoms. The van der Waals surface area contributed by atoms with Gasteiger partial charge in [-0.15, -0.1) is 0 Å². The number of hydrogen-bond donors (Lipinski definition) is 1. The van der Waals surface area contributed by atoms with E-state index in [9.17, 15) is 13.2 Å². The number of halogens is 3. The summed E-state index contributed by atoms with van der Waals surface area (Å²) in [6.45, 7) is 2.31. The number of likely N-dealkylation sites (tertiary alicyclic amines) is 1. The van der Waals surface area contributed by atoms with E-state index in [-0.39, 0.29) is 11.9 Å². The fourth-order valence-corrected chi connectivity index (χ4v) is 3.11. The van der Waals surface area contributed by atoms with Crippen LogP contribution in [0.4, 0.5) is 19.0 Å². The third-order valence-electron chi connectivity index (χ3n) is 4.28. The summed E-state index contributed by atoms with van der Waals surface area (Å²) in [4.78, 5) is 9.41. The second-order valence-corrected chi connectivity index (χ2v) is 6.32. The predicted molar refractivity (Wildman–Crippen MR) is 90.1 cm³/mol. The number of alkyl halides is 3. The quantitative estimate of drug-likeness (QED) is 0.904. The molecule has 1 unspecified atom stereocenters. The Balaban J connectivity index is 1.63. The molecule has 1 fully saturated rings. The summed E-state index contributed by atoms with van der Waals surface area (Å²) in [6.07, 6.45) is -1.75. The van der Waals surface area contributed by atoms with E-state index in [0.717, 1.165) is 37.3 Å². The molecule has 1 atom stereocenters. The minimum atomic E-state index is -4.48. The monoisotopic (exact) mass is 361 g/mol. The molecule has 0 aliphatic carbocycles. The standard InChI is InChI=1S/C18H18F3N5/c19-18(20,21)16-8-17(24-12-23-16)25-15-5-2-6-26(11-15)10-14-4-1-3-13(7-14)9-22/h1,3-4,7-8,12,15H,2,5-6,10-11H2,(H,23,24,25). The van der Waals surface area contributed by atoms with Gasteiger partial charge in [-0.05, 0) is 37.1 Å². The highest BCUT2D eigenvalue weighted by Crippen LogP contribution is 2.28. The van der Waals surface area contributed by atoms with E-state index in [4.69, 9.17) is 5.26 Å². The molecule has 26 heavy (non-hydrogen) atoms. The van der Waals surface area contributed by atoms with Crippen LogP contribution in [0.2, 0.25) is 0 Å². The third kappa shape index (κ3) is 4.70. The number of rotatable bonds is 4. The maximum absolute atomic E-state index is 12.8. The van der Waals surface area contributed by atoms with Crippen LogP contribution in [0.5, 0.6) is 0 Å². The molecule has 1 aromatic heterocycles. The molecule has 0 radical (unpaired) electrons. The number of nitrogens with one attached hydrogen (secondary N) is 1. The SMILES string of the molecule is N#Cc1cccc(CN2CCCC(Nc3cc(C(F)(F)F)ncn3)C2)c1.